The predicted molar refractivity (Wildman–Crippen MR) is 160 cm³/mol. The first-order chi connectivity index (χ1) is 18.5. The van der Waals surface area contributed by atoms with Gasteiger partial charge in [0.15, 0.2) is 0 Å². The maximum atomic E-state index is 13.4. The molecule has 1 saturated heterocycles. The van der Waals surface area contributed by atoms with Gasteiger partial charge >= 0.3 is 11.7 Å². The number of piperazine rings is 1. The van der Waals surface area contributed by atoms with E-state index in [4.69, 9.17) is 27.6 Å². The zero-order valence-electron chi connectivity index (χ0n) is 22.0. The molecule has 218 valence electrons. The SMILES string of the molecule is CCS(=O)(=O)Nc1cccc(Cc2c(CN3CCNCC3)c3cc(Cl)c(CN(C)C(=O)O)cc3oc2=O)c1Cl.Cl. The smallest absolute Gasteiger partial charge is 0.407 e. The van der Waals surface area contributed by atoms with Crippen LogP contribution in [0, 0.1) is 0 Å². The van der Waals surface area contributed by atoms with Gasteiger partial charge in [-0.05, 0) is 41.8 Å². The molecule has 0 radical (unpaired) electrons. The Hall–Kier alpha value is -2.54. The Kier molecular flexibility index (Phi) is 10.7. The van der Waals surface area contributed by atoms with Crippen LogP contribution in [0.2, 0.25) is 10.0 Å². The van der Waals surface area contributed by atoms with Crippen LogP contribution in [0.15, 0.2) is 39.5 Å². The van der Waals surface area contributed by atoms with Gasteiger partial charge in [0.25, 0.3) is 0 Å². The third-order valence-corrected chi connectivity index (χ3v) is 8.79. The number of benzene rings is 2. The topological polar surface area (TPSA) is 132 Å². The molecule has 3 N–H and O–H groups in total. The molecule has 4 rings (SSSR count). The predicted octanol–water partition coefficient (Wildman–Crippen LogP) is 4.39. The molecule has 0 atom stereocenters. The minimum atomic E-state index is -3.55. The van der Waals surface area contributed by atoms with Gasteiger partial charge < -0.3 is 19.7 Å². The molecule has 10 nitrogen and oxygen atoms in total. The summed E-state index contributed by atoms with van der Waals surface area (Å²) in [4.78, 5) is 28.0. The lowest BCUT2D eigenvalue weighted by Crippen LogP contribution is -2.43. The van der Waals surface area contributed by atoms with Crippen molar-refractivity contribution in [3.63, 3.8) is 0 Å². The fraction of sp³-hybridized carbons (Fsp3) is 0.385. The average Bonchev–Trinajstić information content (AvgIpc) is 2.89. The van der Waals surface area contributed by atoms with Gasteiger partial charge in [0.05, 0.1) is 23.0 Å². The molecule has 14 heteroatoms. The maximum Gasteiger partial charge on any atom is 0.407 e. The van der Waals surface area contributed by atoms with E-state index in [1.165, 1.54) is 14.0 Å². The normalized spacial score (nSPS) is 14.1. The lowest BCUT2D eigenvalue weighted by atomic mass is 9.96. The Labute approximate surface area is 248 Å². The fourth-order valence-electron chi connectivity index (χ4n) is 4.48. The summed E-state index contributed by atoms with van der Waals surface area (Å²) in [6.45, 7) is 5.21. The van der Waals surface area contributed by atoms with E-state index in [1.807, 2.05) is 0 Å². The van der Waals surface area contributed by atoms with E-state index >= 15 is 0 Å². The molecule has 40 heavy (non-hydrogen) atoms. The van der Waals surface area contributed by atoms with Crippen molar-refractivity contribution in [3.8, 4) is 0 Å². The van der Waals surface area contributed by atoms with E-state index in [9.17, 15) is 23.1 Å². The lowest BCUT2D eigenvalue weighted by Gasteiger charge is -2.28. The third-order valence-electron chi connectivity index (χ3n) is 6.70. The number of nitrogens with one attached hydrogen (secondary N) is 2. The van der Waals surface area contributed by atoms with E-state index in [1.54, 1.807) is 30.3 Å². The summed E-state index contributed by atoms with van der Waals surface area (Å²) in [5, 5.41) is 13.8. The summed E-state index contributed by atoms with van der Waals surface area (Å²) < 4.78 is 32.5. The molecule has 0 saturated carbocycles. The summed E-state index contributed by atoms with van der Waals surface area (Å²) in [5.41, 5.74) is 2.19. The van der Waals surface area contributed by atoms with Gasteiger partial charge in [-0.1, -0.05) is 35.3 Å². The average molecular weight is 634 g/mol. The van der Waals surface area contributed by atoms with Crippen LogP contribution in [0.5, 0.6) is 0 Å². The van der Waals surface area contributed by atoms with Crippen molar-refractivity contribution in [2.75, 3.05) is 43.7 Å². The second-order valence-electron chi connectivity index (χ2n) is 9.41. The van der Waals surface area contributed by atoms with Gasteiger partial charge in [0.1, 0.15) is 5.58 Å². The van der Waals surface area contributed by atoms with Crippen LogP contribution in [0.3, 0.4) is 0 Å². The molecule has 1 aliphatic heterocycles. The van der Waals surface area contributed by atoms with Gasteiger partial charge in [-0.3, -0.25) is 9.62 Å². The second-order valence-corrected chi connectivity index (χ2v) is 12.2. The second kappa shape index (κ2) is 13.4. The Morgan fingerprint density at radius 1 is 1.18 bits per heavy atom. The number of hydrogen-bond donors (Lipinski definition) is 3. The summed E-state index contributed by atoms with van der Waals surface area (Å²) in [6, 6.07) is 8.30. The van der Waals surface area contributed by atoms with Gasteiger partial charge in [-0.2, -0.15) is 0 Å². The van der Waals surface area contributed by atoms with Gasteiger partial charge in [-0.15, -0.1) is 12.4 Å². The van der Waals surface area contributed by atoms with Gasteiger partial charge in [0, 0.05) is 62.2 Å². The number of fused-ring (bicyclic) bond motifs is 1. The van der Waals surface area contributed by atoms with Crippen LogP contribution in [0.25, 0.3) is 11.0 Å². The van der Waals surface area contributed by atoms with Gasteiger partial charge in [-0.25, -0.2) is 18.0 Å². The Morgan fingerprint density at radius 3 is 2.52 bits per heavy atom. The number of carbonyl (C=O) groups is 1. The minimum Gasteiger partial charge on any atom is -0.465 e. The Balaban J connectivity index is 0.00000441. The van der Waals surface area contributed by atoms with Crippen LogP contribution >= 0.6 is 35.6 Å². The fourth-order valence-corrected chi connectivity index (χ4v) is 5.65. The molecule has 0 aliphatic carbocycles. The first-order valence-electron chi connectivity index (χ1n) is 12.4. The molecular formula is C26H31Cl3N4O6S. The highest BCUT2D eigenvalue weighted by Gasteiger charge is 2.22. The number of anilines is 1. The van der Waals surface area contributed by atoms with Crippen LogP contribution in [0.1, 0.15) is 29.2 Å². The van der Waals surface area contributed by atoms with Crippen LogP contribution in [-0.4, -0.2) is 68.4 Å². The summed E-state index contributed by atoms with van der Waals surface area (Å²) >= 11 is 13.2. The summed E-state index contributed by atoms with van der Waals surface area (Å²) in [6.07, 6.45) is -0.996. The molecule has 2 heterocycles. The first-order valence-corrected chi connectivity index (χ1v) is 14.8. The number of nitrogens with zero attached hydrogens (tertiary/aromatic N) is 2. The van der Waals surface area contributed by atoms with Crippen LogP contribution in [-0.2, 0) is 29.5 Å². The van der Waals surface area contributed by atoms with Crippen molar-refractivity contribution < 1.29 is 22.7 Å². The quantitative estimate of drug-likeness (QED) is 0.296. The van der Waals surface area contributed by atoms with Crippen molar-refractivity contribution in [1.29, 1.82) is 0 Å². The van der Waals surface area contributed by atoms with E-state index < -0.39 is 21.7 Å². The van der Waals surface area contributed by atoms with E-state index in [2.05, 4.69) is 14.9 Å². The molecule has 1 aliphatic rings. The molecule has 0 unspecified atom stereocenters. The molecule has 2 aromatic carbocycles. The Bertz CT molecular complexity index is 1560. The number of hydrogen-bond acceptors (Lipinski definition) is 7. The highest BCUT2D eigenvalue weighted by molar-refractivity contribution is 7.92. The highest BCUT2D eigenvalue weighted by atomic mass is 35.5. The summed E-state index contributed by atoms with van der Waals surface area (Å²) in [5.74, 6) is -0.109. The molecule has 0 bridgehead atoms. The minimum absolute atomic E-state index is 0. The number of rotatable bonds is 9. The standard InChI is InChI=1S/C26H30Cl2N4O6S.ClH/c1-3-39(36,37)30-22-6-4-5-16(24(22)28)11-19-20(15-32-9-7-29-8-10-32)18-13-21(27)17(14-31(2)26(34)35)12-23(18)38-25(19)33;/h4-6,12-13,29-30H,3,7-11,14-15H2,1-2H3,(H,34,35);1H. The molecule has 1 fully saturated rings. The molecule has 3 aromatic rings. The van der Waals surface area contributed by atoms with Crippen molar-refractivity contribution in [2.24, 2.45) is 0 Å². The monoisotopic (exact) mass is 632 g/mol. The largest absolute Gasteiger partial charge is 0.465 e. The molecule has 1 amide bonds. The first kappa shape index (κ1) is 32.0. The van der Waals surface area contributed by atoms with E-state index in [0.29, 0.717) is 39.2 Å². The van der Waals surface area contributed by atoms with Crippen molar-refractivity contribution >= 4 is 68.4 Å². The lowest BCUT2D eigenvalue weighted by molar-refractivity contribution is 0.154. The molecule has 1 aromatic heterocycles. The van der Waals surface area contributed by atoms with E-state index in [-0.39, 0.29) is 41.8 Å². The number of halogens is 3. The third kappa shape index (κ3) is 7.39. The zero-order valence-corrected chi connectivity index (χ0v) is 25.1. The van der Waals surface area contributed by atoms with Crippen molar-refractivity contribution in [1.82, 2.24) is 15.1 Å². The highest BCUT2D eigenvalue weighted by Crippen LogP contribution is 2.32. The van der Waals surface area contributed by atoms with Crippen molar-refractivity contribution in [2.45, 2.75) is 26.4 Å². The van der Waals surface area contributed by atoms with Crippen molar-refractivity contribution in [3.05, 3.63) is 73.1 Å². The maximum absolute atomic E-state index is 13.4. The van der Waals surface area contributed by atoms with Crippen LogP contribution < -0.4 is 15.7 Å². The molecule has 0 spiro atoms. The number of sulfonamides is 1. The Morgan fingerprint density at radius 2 is 1.88 bits per heavy atom. The van der Waals surface area contributed by atoms with Gasteiger partial charge in [0.2, 0.25) is 10.0 Å². The molecular weight excluding hydrogens is 603 g/mol. The zero-order chi connectivity index (χ0) is 28.3. The number of amides is 1. The summed E-state index contributed by atoms with van der Waals surface area (Å²) in [7, 11) is -2.13. The van der Waals surface area contributed by atoms with Crippen LogP contribution in [0.4, 0.5) is 10.5 Å². The van der Waals surface area contributed by atoms with E-state index in [0.717, 1.165) is 36.6 Å². The number of carboxylic acid groups (broad SMARTS) is 1.